The molecule has 2 atom stereocenters. The van der Waals surface area contributed by atoms with E-state index in [2.05, 4.69) is 4.90 Å². The van der Waals surface area contributed by atoms with Crippen LogP contribution in [0.3, 0.4) is 0 Å². The van der Waals surface area contributed by atoms with Crippen LogP contribution in [0.5, 0.6) is 0 Å². The number of aliphatic carboxylic acids is 1. The van der Waals surface area contributed by atoms with Crippen LogP contribution in [0.1, 0.15) is 39.0 Å². The largest absolute Gasteiger partial charge is 0.480 e. The molecule has 0 bridgehead atoms. The minimum absolute atomic E-state index is 0.0415. The Labute approximate surface area is 96.6 Å². The van der Waals surface area contributed by atoms with E-state index in [4.69, 9.17) is 9.84 Å². The summed E-state index contributed by atoms with van der Waals surface area (Å²) < 4.78 is 5.93. The molecule has 0 amide bonds. The maximum Gasteiger partial charge on any atom is 0.320 e. The molecule has 1 spiro atoms. The molecule has 1 N–H and O–H groups in total. The van der Waals surface area contributed by atoms with Crippen LogP contribution in [0.15, 0.2) is 0 Å². The molecule has 2 aliphatic heterocycles. The standard InChI is InChI=1S/C12H21NO3/c1-10(11(14)15)13-7-4-6-12(9-13)5-2-3-8-16-12/h10H,2-9H2,1H3,(H,14,15)/t10-,12+/m0/s1. The van der Waals surface area contributed by atoms with Crippen LogP contribution in [-0.4, -0.2) is 47.3 Å². The van der Waals surface area contributed by atoms with Gasteiger partial charge in [0.15, 0.2) is 0 Å². The number of hydrogen-bond acceptors (Lipinski definition) is 3. The Morgan fingerprint density at radius 3 is 2.75 bits per heavy atom. The van der Waals surface area contributed by atoms with Crippen LogP contribution >= 0.6 is 0 Å². The van der Waals surface area contributed by atoms with Crippen molar-refractivity contribution < 1.29 is 14.6 Å². The van der Waals surface area contributed by atoms with Gasteiger partial charge in [0.1, 0.15) is 6.04 Å². The maximum atomic E-state index is 11.0. The number of carboxylic acid groups (broad SMARTS) is 1. The van der Waals surface area contributed by atoms with Crippen molar-refractivity contribution in [1.29, 1.82) is 0 Å². The highest BCUT2D eigenvalue weighted by molar-refractivity contribution is 5.72. The lowest BCUT2D eigenvalue weighted by Crippen LogP contribution is -2.55. The van der Waals surface area contributed by atoms with E-state index < -0.39 is 5.97 Å². The Morgan fingerprint density at radius 2 is 2.12 bits per heavy atom. The van der Waals surface area contributed by atoms with Crippen molar-refractivity contribution in [2.45, 2.75) is 50.7 Å². The number of carbonyl (C=O) groups is 1. The van der Waals surface area contributed by atoms with Crippen molar-refractivity contribution in [3.63, 3.8) is 0 Å². The summed E-state index contributed by atoms with van der Waals surface area (Å²) in [4.78, 5) is 13.0. The fourth-order valence-electron chi connectivity index (χ4n) is 2.85. The Balaban J connectivity index is 2.00. The topological polar surface area (TPSA) is 49.8 Å². The number of ether oxygens (including phenoxy) is 1. The van der Waals surface area contributed by atoms with E-state index in [9.17, 15) is 4.79 Å². The predicted molar refractivity (Wildman–Crippen MR) is 60.4 cm³/mol. The zero-order valence-electron chi connectivity index (χ0n) is 9.95. The third-order valence-electron chi connectivity index (χ3n) is 3.91. The lowest BCUT2D eigenvalue weighted by molar-refractivity contribution is -0.151. The third-order valence-corrected chi connectivity index (χ3v) is 3.91. The van der Waals surface area contributed by atoms with Crippen LogP contribution in [0.4, 0.5) is 0 Å². The summed E-state index contributed by atoms with van der Waals surface area (Å²) in [6.07, 6.45) is 5.61. The van der Waals surface area contributed by atoms with E-state index in [0.717, 1.165) is 45.4 Å². The number of carboxylic acids is 1. The van der Waals surface area contributed by atoms with Gasteiger partial charge in [0.25, 0.3) is 0 Å². The summed E-state index contributed by atoms with van der Waals surface area (Å²) in [6.45, 7) is 4.29. The van der Waals surface area contributed by atoms with E-state index in [-0.39, 0.29) is 11.6 Å². The number of nitrogens with zero attached hydrogens (tertiary/aromatic N) is 1. The molecule has 92 valence electrons. The highest BCUT2D eigenvalue weighted by Gasteiger charge is 2.39. The molecule has 0 aromatic carbocycles. The molecular formula is C12H21NO3. The quantitative estimate of drug-likeness (QED) is 0.776. The van der Waals surface area contributed by atoms with Gasteiger partial charge in [-0.3, -0.25) is 9.69 Å². The van der Waals surface area contributed by atoms with Gasteiger partial charge in [-0.15, -0.1) is 0 Å². The van der Waals surface area contributed by atoms with Crippen molar-refractivity contribution >= 4 is 5.97 Å². The first-order valence-corrected chi connectivity index (χ1v) is 6.24. The molecule has 2 rings (SSSR count). The van der Waals surface area contributed by atoms with Crippen molar-refractivity contribution in [2.24, 2.45) is 0 Å². The SMILES string of the molecule is C[C@@H](C(=O)O)N1CCC[C@]2(CCCCO2)C1. The minimum atomic E-state index is -0.729. The normalized spacial score (nSPS) is 33.8. The molecule has 0 unspecified atom stereocenters. The highest BCUT2D eigenvalue weighted by Crippen LogP contribution is 2.34. The van der Waals surface area contributed by atoms with Gasteiger partial charge in [-0.1, -0.05) is 0 Å². The zero-order chi connectivity index (χ0) is 11.6. The van der Waals surface area contributed by atoms with E-state index in [1.54, 1.807) is 6.92 Å². The van der Waals surface area contributed by atoms with Gasteiger partial charge in [0, 0.05) is 13.2 Å². The third kappa shape index (κ3) is 2.38. The van der Waals surface area contributed by atoms with E-state index in [1.807, 2.05) is 0 Å². The second kappa shape index (κ2) is 4.72. The number of piperidine rings is 1. The molecule has 16 heavy (non-hydrogen) atoms. The van der Waals surface area contributed by atoms with Gasteiger partial charge in [-0.25, -0.2) is 0 Å². The first-order valence-electron chi connectivity index (χ1n) is 6.24. The number of likely N-dealkylation sites (tertiary alicyclic amines) is 1. The summed E-state index contributed by atoms with van der Waals surface area (Å²) >= 11 is 0. The monoisotopic (exact) mass is 227 g/mol. The van der Waals surface area contributed by atoms with Gasteiger partial charge in [0.2, 0.25) is 0 Å². The predicted octanol–water partition coefficient (Wildman–Crippen LogP) is 1.49. The average Bonchev–Trinajstić information content (AvgIpc) is 2.29. The Bertz CT molecular complexity index is 255. The Morgan fingerprint density at radius 1 is 1.38 bits per heavy atom. The second-order valence-corrected chi connectivity index (χ2v) is 5.08. The minimum Gasteiger partial charge on any atom is -0.480 e. The van der Waals surface area contributed by atoms with Gasteiger partial charge >= 0.3 is 5.97 Å². The van der Waals surface area contributed by atoms with Crippen LogP contribution in [-0.2, 0) is 9.53 Å². The second-order valence-electron chi connectivity index (χ2n) is 5.08. The fourth-order valence-corrected chi connectivity index (χ4v) is 2.85. The van der Waals surface area contributed by atoms with E-state index in [0.29, 0.717) is 0 Å². The maximum absolute atomic E-state index is 11.0. The molecule has 2 aliphatic rings. The zero-order valence-corrected chi connectivity index (χ0v) is 9.95. The Hall–Kier alpha value is -0.610. The molecule has 2 saturated heterocycles. The molecule has 0 saturated carbocycles. The number of rotatable bonds is 2. The lowest BCUT2D eigenvalue weighted by atomic mass is 9.85. The summed E-state index contributed by atoms with van der Waals surface area (Å²) in [7, 11) is 0. The van der Waals surface area contributed by atoms with Crippen LogP contribution in [0.2, 0.25) is 0 Å². The molecule has 0 aliphatic carbocycles. The summed E-state index contributed by atoms with van der Waals surface area (Å²) in [5.41, 5.74) is -0.0415. The smallest absolute Gasteiger partial charge is 0.320 e. The Kier molecular flexibility index (Phi) is 3.50. The molecule has 4 nitrogen and oxygen atoms in total. The van der Waals surface area contributed by atoms with Crippen LogP contribution in [0, 0.1) is 0 Å². The molecule has 0 aromatic heterocycles. The van der Waals surface area contributed by atoms with Crippen LogP contribution in [0.25, 0.3) is 0 Å². The highest BCUT2D eigenvalue weighted by atomic mass is 16.5. The van der Waals surface area contributed by atoms with Crippen molar-refractivity contribution in [1.82, 2.24) is 4.90 Å². The van der Waals surface area contributed by atoms with Crippen molar-refractivity contribution in [3.8, 4) is 0 Å². The molecule has 2 fully saturated rings. The summed E-state index contributed by atoms with van der Waals surface area (Å²) in [6, 6.07) is -0.386. The van der Waals surface area contributed by atoms with E-state index >= 15 is 0 Å². The van der Waals surface area contributed by atoms with Gasteiger partial charge < -0.3 is 9.84 Å². The molecule has 2 heterocycles. The van der Waals surface area contributed by atoms with Crippen molar-refractivity contribution in [3.05, 3.63) is 0 Å². The molecule has 0 aromatic rings. The van der Waals surface area contributed by atoms with Crippen LogP contribution < -0.4 is 0 Å². The average molecular weight is 227 g/mol. The summed E-state index contributed by atoms with van der Waals surface area (Å²) in [5.74, 6) is -0.729. The lowest BCUT2D eigenvalue weighted by Gasteiger charge is -2.46. The van der Waals surface area contributed by atoms with Gasteiger partial charge in [-0.2, -0.15) is 0 Å². The number of hydrogen-bond donors (Lipinski definition) is 1. The first-order chi connectivity index (χ1) is 7.63. The first kappa shape index (κ1) is 11.9. The molecule has 0 radical (unpaired) electrons. The summed E-state index contributed by atoms with van der Waals surface area (Å²) in [5, 5.41) is 9.04. The van der Waals surface area contributed by atoms with Gasteiger partial charge in [0.05, 0.1) is 5.60 Å². The van der Waals surface area contributed by atoms with Crippen molar-refractivity contribution in [2.75, 3.05) is 19.7 Å². The van der Waals surface area contributed by atoms with Gasteiger partial charge in [-0.05, 0) is 45.6 Å². The fraction of sp³-hybridized carbons (Fsp3) is 0.917. The van der Waals surface area contributed by atoms with E-state index in [1.165, 1.54) is 6.42 Å². The molecular weight excluding hydrogens is 206 g/mol. The molecule has 4 heteroatoms.